The largest absolute Gasteiger partial charge is 0.309 e. The summed E-state index contributed by atoms with van der Waals surface area (Å²) in [6.45, 7) is 0.00317. The summed E-state index contributed by atoms with van der Waals surface area (Å²) in [4.78, 5) is 20.7. The van der Waals surface area contributed by atoms with Crippen molar-refractivity contribution in [1.29, 1.82) is 5.26 Å². The summed E-state index contributed by atoms with van der Waals surface area (Å²) in [6, 6.07) is 7.02. The van der Waals surface area contributed by atoms with Crippen LogP contribution < -0.4 is 4.87 Å². The van der Waals surface area contributed by atoms with E-state index in [-0.39, 0.29) is 17.8 Å². The molecular formula is C16H10F2N4OS. The summed E-state index contributed by atoms with van der Waals surface area (Å²) in [5, 5.41) is 9.17. The van der Waals surface area contributed by atoms with Gasteiger partial charge in [-0.3, -0.25) is 14.3 Å². The van der Waals surface area contributed by atoms with Gasteiger partial charge in [-0.05, 0) is 18.2 Å². The van der Waals surface area contributed by atoms with Crippen LogP contribution in [0.2, 0.25) is 0 Å². The molecule has 1 aliphatic rings. The number of fused-ring (bicyclic) bond motifs is 1. The Labute approximate surface area is 138 Å². The van der Waals surface area contributed by atoms with Crippen LogP contribution in [0, 0.1) is 17.2 Å². The number of halogens is 2. The first-order valence-electron chi connectivity index (χ1n) is 7.22. The fourth-order valence-electron chi connectivity index (χ4n) is 2.66. The molecule has 3 heterocycles. The molecule has 8 heteroatoms. The van der Waals surface area contributed by atoms with Crippen molar-refractivity contribution in [2.45, 2.75) is 18.9 Å². The maximum Gasteiger partial charge on any atom is 0.309 e. The van der Waals surface area contributed by atoms with E-state index in [4.69, 9.17) is 5.26 Å². The van der Waals surface area contributed by atoms with Gasteiger partial charge in [-0.15, -0.1) is 0 Å². The van der Waals surface area contributed by atoms with Gasteiger partial charge in [0.2, 0.25) is 0 Å². The van der Waals surface area contributed by atoms with Crippen molar-refractivity contribution in [3.8, 4) is 17.3 Å². The highest BCUT2D eigenvalue weighted by atomic mass is 32.1. The van der Waals surface area contributed by atoms with E-state index in [2.05, 4.69) is 16.0 Å². The smallest absolute Gasteiger partial charge is 0.297 e. The molecule has 0 bridgehead atoms. The van der Waals surface area contributed by atoms with E-state index in [1.54, 1.807) is 18.2 Å². The Bertz CT molecular complexity index is 1050. The van der Waals surface area contributed by atoms with Crippen molar-refractivity contribution in [3.63, 3.8) is 0 Å². The second-order valence-electron chi connectivity index (χ2n) is 5.69. The van der Waals surface area contributed by atoms with Crippen LogP contribution in [0.25, 0.3) is 21.6 Å². The van der Waals surface area contributed by atoms with Crippen LogP contribution in [0.4, 0.5) is 8.78 Å². The third-order valence-electron chi connectivity index (χ3n) is 4.11. The number of pyridine rings is 2. The van der Waals surface area contributed by atoms with E-state index < -0.39 is 11.8 Å². The minimum Gasteiger partial charge on any atom is -0.297 e. The molecule has 1 unspecified atom stereocenters. The molecule has 3 aromatic rings. The van der Waals surface area contributed by atoms with Crippen molar-refractivity contribution in [3.05, 3.63) is 45.8 Å². The molecule has 24 heavy (non-hydrogen) atoms. The van der Waals surface area contributed by atoms with Crippen molar-refractivity contribution < 1.29 is 8.78 Å². The monoisotopic (exact) mass is 344 g/mol. The second kappa shape index (κ2) is 5.18. The molecule has 3 aromatic heterocycles. The van der Waals surface area contributed by atoms with Gasteiger partial charge >= 0.3 is 4.87 Å². The van der Waals surface area contributed by atoms with Gasteiger partial charge in [0.1, 0.15) is 4.83 Å². The topological polar surface area (TPSA) is 71.6 Å². The molecule has 0 spiro atoms. The van der Waals surface area contributed by atoms with Crippen LogP contribution in [0.3, 0.4) is 0 Å². The summed E-state index contributed by atoms with van der Waals surface area (Å²) < 4.78 is 27.6. The molecule has 120 valence electrons. The summed E-state index contributed by atoms with van der Waals surface area (Å²) in [7, 11) is 0. The van der Waals surface area contributed by atoms with E-state index in [1.165, 1.54) is 17.0 Å². The highest BCUT2D eigenvalue weighted by Gasteiger charge is 2.56. The molecule has 1 fully saturated rings. The van der Waals surface area contributed by atoms with E-state index >= 15 is 0 Å². The third-order valence-corrected chi connectivity index (χ3v) is 5.00. The Morgan fingerprint density at radius 2 is 2.21 bits per heavy atom. The summed E-state index contributed by atoms with van der Waals surface area (Å²) >= 11 is 0.919. The first-order valence-corrected chi connectivity index (χ1v) is 8.04. The Morgan fingerprint density at radius 1 is 1.42 bits per heavy atom. The van der Waals surface area contributed by atoms with Gasteiger partial charge in [0, 0.05) is 36.8 Å². The molecule has 0 amide bonds. The minimum atomic E-state index is -2.67. The zero-order chi connectivity index (χ0) is 16.9. The normalized spacial score (nSPS) is 18.5. The van der Waals surface area contributed by atoms with Crippen molar-refractivity contribution in [1.82, 2.24) is 14.5 Å². The van der Waals surface area contributed by atoms with Crippen molar-refractivity contribution >= 4 is 21.7 Å². The van der Waals surface area contributed by atoms with E-state index in [0.29, 0.717) is 27.2 Å². The Balaban J connectivity index is 1.78. The van der Waals surface area contributed by atoms with Gasteiger partial charge in [0.25, 0.3) is 5.92 Å². The molecule has 5 nitrogen and oxygen atoms in total. The van der Waals surface area contributed by atoms with E-state index in [9.17, 15) is 13.6 Å². The number of aromatic nitrogens is 3. The maximum absolute atomic E-state index is 13.1. The number of nitrogens with zero attached hydrogens (tertiary/aromatic N) is 4. The van der Waals surface area contributed by atoms with Crippen LogP contribution >= 0.6 is 11.3 Å². The molecule has 1 aliphatic carbocycles. The standard InChI is InChI=1S/C16H10F2N4OS/c17-16(18)5-10(16)8-22-13-2-1-12(21-14(13)24-15(22)23)11-7-20-4-3-9(11)6-19/h1-4,7,10H,5,8H2. The minimum absolute atomic E-state index is 0.00317. The van der Waals surface area contributed by atoms with Crippen molar-refractivity contribution in [2.24, 2.45) is 5.92 Å². The summed E-state index contributed by atoms with van der Waals surface area (Å²) in [5.74, 6) is -3.45. The average molecular weight is 344 g/mol. The van der Waals surface area contributed by atoms with Crippen LogP contribution in [0.15, 0.2) is 35.4 Å². The fraction of sp³-hybridized carbons (Fsp3) is 0.250. The van der Waals surface area contributed by atoms with Gasteiger partial charge in [-0.2, -0.15) is 5.26 Å². The lowest BCUT2D eigenvalue weighted by atomic mass is 10.1. The van der Waals surface area contributed by atoms with Crippen molar-refractivity contribution in [2.75, 3.05) is 0 Å². The summed E-state index contributed by atoms with van der Waals surface area (Å²) in [6.07, 6.45) is 2.88. The number of hydrogen-bond acceptors (Lipinski definition) is 5. The lowest BCUT2D eigenvalue weighted by Crippen LogP contribution is -2.15. The average Bonchev–Trinajstić information content (AvgIpc) is 3.06. The van der Waals surface area contributed by atoms with Gasteiger partial charge in [0.05, 0.1) is 22.8 Å². The predicted octanol–water partition coefficient (Wildman–Crippen LogP) is 3.05. The van der Waals surface area contributed by atoms with Crippen LogP contribution in [0.1, 0.15) is 12.0 Å². The molecule has 0 radical (unpaired) electrons. The Hall–Kier alpha value is -2.66. The van der Waals surface area contributed by atoms with E-state index in [1.807, 2.05) is 0 Å². The maximum atomic E-state index is 13.1. The number of thiazole rings is 1. The fourth-order valence-corrected chi connectivity index (χ4v) is 3.53. The predicted molar refractivity (Wildman–Crippen MR) is 84.9 cm³/mol. The molecule has 1 saturated carbocycles. The Morgan fingerprint density at radius 3 is 2.92 bits per heavy atom. The molecule has 0 aliphatic heterocycles. The van der Waals surface area contributed by atoms with Gasteiger partial charge in [-0.1, -0.05) is 11.3 Å². The quantitative estimate of drug-likeness (QED) is 0.732. The highest BCUT2D eigenvalue weighted by molar-refractivity contribution is 7.16. The van der Waals surface area contributed by atoms with Crippen LogP contribution in [-0.4, -0.2) is 20.5 Å². The zero-order valence-electron chi connectivity index (χ0n) is 12.2. The van der Waals surface area contributed by atoms with Crippen LogP contribution in [-0.2, 0) is 6.54 Å². The number of nitriles is 1. The highest BCUT2D eigenvalue weighted by Crippen LogP contribution is 2.49. The second-order valence-corrected chi connectivity index (χ2v) is 6.63. The molecule has 4 rings (SSSR count). The first kappa shape index (κ1) is 14.9. The number of alkyl halides is 2. The lowest BCUT2D eigenvalue weighted by molar-refractivity contribution is 0.0953. The number of rotatable bonds is 3. The SMILES string of the molecule is N#Cc1ccncc1-c1ccc2c(n1)sc(=O)n2CC1CC1(F)F. The van der Waals surface area contributed by atoms with Crippen LogP contribution in [0.5, 0.6) is 0 Å². The molecule has 0 aromatic carbocycles. The zero-order valence-corrected chi connectivity index (χ0v) is 13.1. The third kappa shape index (κ3) is 2.37. The number of hydrogen-bond donors (Lipinski definition) is 0. The summed E-state index contributed by atoms with van der Waals surface area (Å²) in [5.41, 5.74) is 2.07. The van der Waals surface area contributed by atoms with Gasteiger partial charge < -0.3 is 0 Å². The first-order chi connectivity index (χ1) is 11.5. The van der Waals surface area contributed by atoms with Gasteiger partial charge in [-0.25, -0.2) is 13.8 Å². The lowest BCUT2D eigenvalue weighted by Gasteiger charge is -2.05. The molecule has 1 atom stereocenters. The molecular weight excluding hydrogens is 334 g/mol. The van der Waals surface area contributed by atoms with E-state index in [0.717, 1.165) is 11.3 Å². The molecule has 0 saturated heterocycles. The molecule has 0 N–H and O–H groups in total. The Kier molecular flexibility index (Phi) is 3.21. The van der Waals surface area contributed by atoms with Gasteiger partial charge in [0.15, 0.2) is 0 Å².